The lowest BCUT2D eigenvalue weighted by atomic mass is 10.1. The Balaban J connectivity index is 4.48. The van der Waals surface area contributed by atoms with Gasteiger partial charge in [-0.3, -0.25) is 24.9 Å². The van der Waals surface area contributed by atoms with Gasteiger partial charge in [-0.25, -0.2) is 9.78 Å². The van der Waals surface area contributed by atoms with E-state index in [0.29, 0.717) is 51.7 Å². The summed E-state index contributed by atoms with van der Waals surface area (Å²) < 4.78 is 0. The average molecular weight is 446 g/mol. The van der Waals surface area contributed by atoms with E-state index >= 15 is 0 Å². The molecule has 0 unspecified atom stereocenters. The summed E-state index contributed by atoms with van der Waals surface area (Å²) >= 11 is 0. The monoisotopic (exact) mass is 445 g/mol. The summed E-state index contributed by atoms with van der Waals surface area (Å²) in [6, 6.07) is -1.37. The third kappa shape index (κ3) is 16.5. The number of hydrogen-bond acceptors (Lipinski definition) is 8. The first kappa shape index (κ1) is 28.0. The molecule has 0 heterocycles. The molecule has 0 bridgehead atoms. The van der Waals surface area contributed by atoms with Crippen molar-refractivity contribution < 1.29 is 24.2 Å². The fourth-order valence-electron chi connectivity index (χ4n) is 2.33. The van der Waals surface area contributed by atoms with Gasteiger partial charge in [0.25, 0.3) is 0 Å². The molecule has 2 amide bonds. The molecule has 0 fully saturated rings. The van der Waals surface area contributed by atoms with Crippen LogP contribution in [0.15, 0.2) is 9.98 Å². The molecule has 0 rings (SSSR count). The lowest BCUT2D eigenvalue weighted by molar-refractivity contribution is -0.296. The molecule has 0 aliphatic carbocycles. The molecule has 0 radical (unpaired) electrons. The first-order valence-electron chi connectivity index (χ1n) is 9.91. The van der Waals surface area contributed by atoms with E-state index in [-0.39, 0.29) is 25.2 Å². The lowest BCUT2D eigenvalue weighted by Crippen LogP contribution is -2.49. The van der Waals surface area contributed by atoms with Crippen molar-refractivity contribution in [3.05, 3.63) is 0 Å². The van der Waals surface area contributed by atoms with Crippen molar-refractivity contribution in [2.75, 3.05) is 33.0 Å². The Kier molecular flexibility index (Phi) is 16.1. The van der Waals surface area contributed by atoms with Crippen molar-refractivity contribution in [3.63, 3.8) is 0 Å². The van der Waals surface area contributed by atoms with Gasteiger partial charge in [-0.15, -0.1) is 0 Å². The highest BCUT2D eigenvalue weighted by Crippen LogP contribution is 1.99. The Morgan fingerprint density at radius 3 is 2.16 bits per heavy atom. The highest BCUT2D eigenvalue weighted by Gasteiger charge is 2.19. The number of carbonyl (C=O) groups excluding carboxylic acids is 3. The van der Waals surface area contributed by atoms with E-state index in [2.05, 4.69) is 25.9 Å². The van der Waals surface area contributed by atoms with E-state index in [9.17, 15) is 14.4 Å². The van der Waals surface area contributed by atoms with Gasteiger partial charge >= 0.3 is 0 Å². The number of amides is 2. The standard InChI is InChI=1S/C17H35N9O5/c1-2-30-31-11-25-13(6-4-8-23-17(20)21)15(29)24-9-14(28)26-12(10-27)5-3-7-22-16(18)19/h10,12-13,25H,2-9,11H2,1H3,(H,24,29)(H,26,28)(H4,18,19,22)(H4,20,21,23)/t12-,13+/m0/s1. The number of rotatable bonds is 18. The van der Waals surface area contributed by atoms with E-state index in [4.69, 9.17) is 32.7 Å². The quantitative estimate of drug-likeness (QED) is 0.0212. The number of aliphatic imine (C=N–C) groups is 2. The molecule has 11 N–H and O–H groups in total. The lowest BCUT2D eigenvalue weighted by Gasteiger charge is -2.18. The van der Waals surface area contributed by atoms with Crippen LogP contribution in [0.4, 0.5) is 0 Å². The minimum absolute atomic E-state index is 0.0244. The summed E-state index contributed by atoms with van der Waals surface area (Å²) in [5, 5.41) is 7.92. The van der Waals surface area contributed by atoms with Crippen molar-refractivity contribution in [1.29, 1.82) is 0 Å². The van der Waals surface area contributed by atoms with Crippen molar-refractivity contribution in [2.24, 2.45) is 32.9 Å². The summed E-state index contributed by atoms with van der Waals surface area (Å²) in [7, 11) is 0. The number of aldehydes is 1. The first-order chi connectivity index (χ1) is 14.8. The number of hydrogen-bond donors (Lipinski definition) is 7. The van der Waals surface area contributed by atoms with Gasteiger partial charge in [0.1, 0.15) is 13.0 Å². The van der Waals surface area contributed by atoms with Crippen LogP contribution in [-0.2, 0) is 24.2 Å². The second-order valence-corrected chi connectivity index (χ2v) is 6.35. The molecule has 178 valence electrons. The molecule has 2 atom stereocenters. The van der Waals surface area contributed by atoms with Gasteiger partial charge in [0.15, 0.2) is 11.9 Å². The minimum Gasteiger partial charge on any atom is -0.370 e. The third-order valence-electron chi connectivity index (χ3n) is 3.75. The topological polar surface area (TPSA) is 235 Å². The van der Waals surface area contributed by atoms with Gasteiger partial charge in [0.2, 0.25) is 11.8 Å². The van der Waals surface area contributed by atoms with Crippen LogP contribution in [0.5, 0.6) is 0 Å². The molecular weight excluding hydrogens is 410 g/mol. The average Bonchev–Trinajstić information content (AvgIpc) is 2.72. The molecule has 0 aliphatic heterocycles. The van der Waals surface area contributed by atoms with Crippen molar-refractivity contribution in [1.82, 2.24) is 16.0 Å². The van der Waals surface area contributed by atoms with Gasteiger partial charge in [0.05, 0.1) is 25.2 Å². The second-order valence-electron chi connectivity index (χ2n) is 6.35. The molecule has 0 aromatic rings. The number of nitrogens with zero attached hydrogens (tertiary/aromatic N) is 2. The summed E-state index contributed by atoms with van der Waals surface area (Å²) in [5.41, 5.74) is 21.0. The molecule has 0 spiro atoms. The maximum Gasteiger partial charge on any atom is 0.239 e. The Hall–Kier alpha value is -2.97. The van der Waals surface area contributed by atoms with Crippen molar-refractivity contribution >= 4 is 30.0 Å². The van der Waals surface area contributed by atoms with Gasteiger partial charge in [-0.2, -0.15) is 0 Å². The summed E-state index contributed by atoms with van der Waals surface area (Å²) in [4.78, 5) is 52.9. The molecule has 14 heteroatoms. The van der Waals surface area contributed by atoms with Gasteiger partial charge in [-0.1, -0.05) is 0 Å². The third-order valence-corrected chi connectivity index (χ3v) is 3.75. The Bertz CT molecular complexity index is 593. The summed E-state index contributed by atoms with van der Waals surface area (Å²) in [6.45, 7) is 2.48. The highest BCUT2D eigenvalue weighted by atomic mass is 17.2. The molecule has 0 aromatic carbocycles. The Morgan fingerprint density at radius 1 is 1.00 bits per heavy atom. The molecule has 31 heavy (non-hydrogen) atoms. The van der Waals surface area contributed by atoms with Crippen LogP contribution in [0.25, 0.3) is 0 Å². The SMILES string of the molecule is CCOOCN[C@H](CCCN=C(N)N)C(=O)NCC(=O)N[C@H](C=O)CCCN=C(N)N. The second kappa shape index (κ2) is 17.9. The summed E-state index contributed by atoms with van der Waals surface area (Å²) in [5.74, 6) is -0.997. The molecule has 0 aliphatic rings. The molecule has 0 saturated carbocycles. The van der Waals surface area contributed by atoms with Crippen LogP contribution in [0.1, 0.15) is 32.6 Å². The maximum atomic E-state index is 12.4. The Labute approximate surface area is 181 Å². The van der Waals surface area contributed by atoms with E-state index in [1.165, 1.54) is 0 Å². The van der Waals surface area contributed by atoms with E-state index in [1.807, 2.05) is 0 Å². The van der Waals surface area contributed by atoms with Gasteiger partial charge in [0, 0.05) is 13.1 Å². The zero-order chi connectivity index (χ0) is 23.5. The number of nitrogens with two attached hydrogens (primary N) is 4. The van der Waals surface area contributed by atoms with Crippen LogP contribution in [0.2, 0.25) is 0 Å². The maximum absolute atomic E-state index is 12.4. The highest BCUT2D eigenvalue weighted by molar-refractivity contribution is 5.88. The number of guanidine groups is 2. The van der Waals surface area contributed by atoms with Crippen molar-refractivity contribution in [3.8, 4) is 0 Å². The molecule has 14 nitrogen and oxygen atoms in total. The van der Waals surface area contributed by atoms with E-state index in [1.54, 1.807) is 6.92 Å². The predicted octanol–water partition coefficient (Wildman–Crippen LogP) is -3.22. The Morgan fingerprint density at radius 2 is 1.61 bits per heavy atom. The first-order valence-corrected chi connectivity index (χ1v) is 9.91. The normalized spacial score (nSPS) is 12.3. The van der Waals surface area contributed by atoms with E-state index in [0.717, 1.165) is 0 Å². The zero-order valence-corrected chi connectivity index (χ0v) is 17.8. The fourth-order valence-corrected chi connectivity index (χ4v) is 2.33. The van der Waals surface area contributed by atoms with Gasteiger partial charge < -0.3 is 38.4 Å². The van der Waals surface area contributed by atoms with Crippen LogP contribution in [0, 0.1) is 0 Å². The zero-order valence-electron chi connectivity index (χ0n) is 17.8. The summed E-state index contributed by atoms with van der Waals surface area (Å²) in [6.07, 6.45) is 2.40. The molecule has 0 saturated heterocycles. The van der Waals surface area contributed by atoms with Crippen molar-refractivity contribution in [2.45, 2.75) is 44.7 Å². The predicted molar refractivity (Wildman–Crippen MR) is 115 cm³/mol. The van der Waals surface area contributed by atoms with Crippen LogP contribution in [-0.4, -0.2) is 75.1 Å². The van der Waals surface area contributed by atoms with Crippen LogP contribution in [0.3, 0.4) is 0 Å². The van der Waals surface area contributed by atoms with Crippen LogP contribution < -0.4 is 38.9 Å². The van der Waals surface area contributed by atoms with Crippen LogP contribution >= 0.6 is 0 Å². The molecular formula is C17H35N9O5. The minimum atomic E-state index is -0.702. The largest absolute Gasteiger partial charge is 0.370 e. The molecule has 0 aromatic heterocycles. The van der Waals surface area contributed by atoms with E-state index < -0.39 is 23.9 Å². The smallest absolute Gasteiger partial charge is 0.239 e. The number of carbonyl (C=O) groups is 3. The fraction of sp³-hybridized carbons (Fsp3) is 0.706. The number of nitrogens with one attached hydrogen (secondary N) is 3. The van der Waals surface area contributed by atoms with Gasteiger partial charge in [-0.05, 0) is 32.6 Å².